The van der Waals surface area contributed by atoms with Gasteiger partial charge >= 0.3 is 0 Å². The summed E-state index contributed by atoms with van der Waals surface area (Å²) in [6.07, 6.45) is 0. The van der Waals surface area contributed by atoms with Crippen LogP contribution >= 0.6 is 28.3 Å². The van der Waals surface area contributed by atoms with E-state index in [2.05, 4.69) is 41.1 Å². The molecule has 0 fully saturated rings. The molecule has 0 aromatic heterocycles. The highest BCUT2D eigenvalue weighted by Gasteiger charge is 2.00. The first-order valence-corrected chi connectivity index (χ1v) is 4.42. The molecule has 1 atom stereocenters. The second-order valence-electron chi connectivity index (χ2n) is 2.80. The average Bonchev–Trinajstić information content (AvgIpc) is 1.94. The summed E-state index contributed by atoms with van der Waals surface area (Å²) in [5.41, 5.74) is 8.13. The molecule has 1 nitrogen and oxygen atoms in total. The molecular weight excluding hydrogens is 237 g/mol. The molecule has 0 aliphatic rings. The Morgan fingerprint density at radius 3 is 2.42 bits per heavy atom. The van der Waals surface area contributed by atoms with Crippen LogP contribution < -0.4 is 5.73 Å². The lowest BCUT2D eigenvalue weighted by atomic mass is 10.1. The average molecular weight is 251 g/mol. The maximum atomic E-state index is 5.71. The molecule has 0 aliphatic heterocycles. The second kappa shape index (κ2) is 4.85. The lowest BCUT2D eigenvalue weighted by molar-refractivity contribution is 0.817. The van der Waals surface area contributed by atoms with Crippen molar-refractivity contribution in [3.05, 3.63) is 33.8 Å². The Morgan fingerprint density at radius 1 is 1.42 bits per heavy atom. The normalized spacial score (nSPS) is 12.0. The van der Waals surface area contributed by atoms with E-state index < -0.39 is 0 Å². The molecule has 0 aliphatic carbocycles. The molecule has 68 valence electrons. The predicted octanol–water partition coefficient (Wildman–Crippen LogP) is 3.20. The minimum absolute atomic E-state index is 0. The van der Waals surface area contributed by atoms with Crippen LogP contribution in [0.1, 0.15) is 24.1 Å². The molecule has 0 amide bonds. The van der Waals surface area contributed by atoms with Crippen molar-refractivity contribution < 1.29 is 0 Å². The zero-order chi connectivity index (χ0) is 8.43. The third kappa shape index (κ3) is 2.77. The van der Waals surface area contributed by atoms with E-state index in [0.29, 0.717) is 0 Å². The number of nitrogens with two attached hydrogens (primary N) is 1. The van der Waals surface area contributed by atoms with Crippen LogP contribution in [-0.4, -0.2) is 0 Å². The Labute approximate surface area is 87.9 Å². The quantitative estimate of drug-likeness (QED) is 0.814. The van der Waals surface area contributed by atoms with Gasteiger partial charge in [-0.1, -0.05) is 28.1 Å². The fraction of sp³-hybridized carbons (Fsp3) is 0.333. The highest BCUT2D eigenvalue weighted by Crippen LogP contribution is 2.20. The monoisotopic (exact) mass is 249 g/mol. The highest BCUT2D eigenvalue weighted by atomic mass is 79.9. The minimum Gasteiger partial charge on any atom is -0.324 e. The van der Waals surface area contributed by atoms with Crippen LogP contribution in [0.2, 0.25) is 0 Å². The summed E-state index contributed by atoms with van der Waals surface area (Å²) in [5, 5.41) is 0. The van der Waals surface area contributed by atoms with Crippen molar-refractivity contribution in [2.75, 3.05) is 0 Å². The van der Waals surface area contributed by atoms with Gasteiger partial charge in [-0.05, 0) is 31.0 Å². The van der Waals surface area contributed by atoms with Gasteiger partial charge in [0.25, 0.3) is 0 Å². The van der Waals surface area contributed by atoms with E-state index in [1.54, 1.807) is 0 Å². The first-order chi connectivity index (χ1) is 5.11. The number of hydrogen-bond acceptors (Lipinski definition) is 1. The highest BCUT2D eigenvalue weighted by molar-refractivity contribution is 9.10. The Balaban J connectivity index is 0.00000121. The fourth-order valence-corrected chi connectivity index (χ4v) is 1.29. The van der Waals surface area contributed by atoms with Gasteiger partial charge in [0.15, 0.2) is 0 Å². The van der Waals surface area contributed by atoms with E-state index in [1.807, 2.05) is 6.92 Å². The maximum Gasteiger partial charge on any atom is 0.0266 e. The van der Waals surface area contributed by atoms with Crippen molar-refractivity contribution in [1.29, 1.82) is 0 Å². The van der Waals surface area contributed by atoms with E-state index in [1.165, 1.54) is 11.1 Å². The number of halogens is 2. The third-order valence-corrected chi connectivity index (χ3v) is 2.58. The number of aryl methyl sites for hydroxylation is 1. The zero-order valence-electron chi connectivity index (χ0n) is 7.17. The molecule has 3 heteroatoms. The summed E-state index contributed by atoms with van der Waals surface area (Å²) in [5.74, 6) is 0. The van der Waals surface area contributed by atoms with Crippen molar-refractivity contribution in [3.63, 3.8) is 0 Å². The van der Waals surface area contributed by atoms with Gasteiger partial charge in [0.1, 0.15) is 0 Å². The minimum atomic E-state index is 0. The van der Waals surface area contributed by atoms with Gasteiger partial charge in [-0.15, -0.1) is 12.4 Å². The second-order valence-corrected chi connectivity index (χ2v) is 3.65. The summed E-state index contributed by atoms with van der Waals surface area (Å²) in [6, 6.07) is 6.32. The molecule has 1 aromatic rings. The van der Waals surface area contributed by atoms with Gasteiger partial charge in [0, 0.05) is 10.5 Å². The van der Waals surface area contributed by atoms with E-state index in [-0.39, 0.29) is 18.4 Å². The van der Waals surface area contributed by atoms with Crippen LogP contribution in [0, 0.1) is 6.92 Å². The molecule has 1 aromatic carbocycles. The van der Waals surface area contributed by atoms with Gasteiger partial charge in [-0.25, -0.2) is 0 Å². The molecule has 12 heavy (non-hydrogen) atoms. The van der Waals surface area contributed by atoms with Crippen molar-refractivity contribution in [1.82, 2.24) is 0 Å². The number of rotatable bonds is 1. The number of hydrogen-bond donors (Lipinski definition) is 1. The molecule has 0 heterocycles. The third-order valence-electron chi connectivity index (χ3n) is 1.72. The Hall–Kier alpha value is -0.0500. The van der Waals surface area contributed by atoms with E-state index in [4.69, 9.17) is 5.73 Å². The molecule has 1 rings (SSSR count). The van der Waals surface area contributed by atoms with Crippen molar-refractivity contribution in [3.8, 4) is 0 Å². The lowest BCUT2D eigenvalue weighted by Crippen LogP contribution is -2.04. The molecule has 2 N–H and O–H groups in total. The summed E-state index contributed by atoms with van der Waals surface area (Å²) in [7, 11) is 0. The van der Waals surface area contributed by atoms with Crippen LogP contribution in [-0.2, 0) is 0 Å². The standard InChI is InChI=1S/C9H12BrN.ClH/c1-6-3-4-8(7(2)11)5-9(6)10;/h3-5,7H,11H2,1-2H3;1H/t7-;/m0./s1. The Bertz CT molecular complexity index is 261. The van der Waals surface area contributed by atoms with Crippen molar-refractivity contribution >= 4 is 28.3 Å². The topological polar surface area (TPSA) is 26.0 Å². The summed E-state index contributed by atoms with van der Waals surface area (Å²) >= 11 is 3.46. The fourth-order valence-electron chi connectivity index (χ4n) is 0.892. The van der Waals surface area contributed by atoms with Crippen molar-refractivity contribution in [2.45, 2.75) is 19.9 Å². The summed E-state index contributed by atoms with van der Waals surface area (Å²) in [6.45, 7) is 4.05. The van der Waals surface area contributed by atoms with Crippen LogP contribution in [0.4, 0.5) is 0 Å². The Kier molecular flexibility index (Phi) is 4.83. The van der Waals surface area contributed by atoms with Crippen LogP contribution in [0.25, 0.3) is 0 Å². The summed E-state index contributed by atoms with van der Waals surface area (Å²) < 4.78 is 1.13. The molecule has 0 radical (unpaired) electrons. The van der Waals surface area contributed by atoms with Crippen molar-refractivity contribution in [2.24, 2.45) is 5.73 Å². The molecule has 0 saturated carbocycles. The SMILES string of the molecule is Cc1ccc([C@H](C)N)cc1Br.Cl. The first-order valence-electron chi connectivity index (χ1n) is 3.63. The predicted molar refractivity (Wildman–Crippen MR) is 58.7 cm³/mol. The van der Waals surface area contributed by atoms with Gasteiger partial charge < -0.3 is 5.73 Å². The lowest BCUT2D eigenvalue weighted by Gasteiger charge is -2.06. The van der Waals surface area contributed by atoms with Gasteiger partial charge in [-0.3, -0.25) is 0 Å². The van der Waals surface area contributed by atoms with Gasteiger partial charge in [-0.2, -0.15) is 0 Å². The molecule has 0 bridgehead atoms. The van der Waals surface area contributed by atoms with Gasteiger partial charge in [0.05, 0.1) is 0 Å². The van der Waals surface area contributed by atoms with E-state index >= 15 is 0 Å². The molecule has 0 unspecified atom stereocenters. The van der Waals surface area contributed by atoms with E-state index in [0.717, 1.165) is 4.47 Å². The Morgan fingerprint density at radius 2 is 2.00 bits per heavy atom. The molecule has 0 saturated heterocycles. The first kappa shape index (κ1) is 11.9. The van der Waals surface area contributed by atoms with Crippen LogP contribution in [0.5, 0.6) is 0 Å². The number of benzene rings is 1. The van der Waals surface area contributed by atoms with Gasteiger partial charge in [0.2, 0.25) is 0 Å². The molecule has 0 spiro atoms. The smallest absolute Gasteiger partial charge is 0.0266 e. The zero-order valence-corrected chi connectivity index (χ0v) is 9.58. The maximum absolute atomic E-state index is 5.71. The largest absolute Gasteiger partial charge is 0.324 e. The van der Waals surface area contributed by atoms with Crippen LogP contribution in [0.3, 0.4) is 0 Å². The summed E-state index contributed by atoms with van der Waals surface area (Å²) in [4.78, 5) is 0. The molecular formula is C9H13BrClN. The van der Waals surface area contributed by atoms with E-state index in [9.17, 15) is 0 Å². The van der Waals surface area contributed by atoms with Crippen LogP contribution in [0.15, 0.2) is 22.7 Å².